The quantitative estimate of drug-likeness (QED) is 0.0583. The van der Waals surface area contributed by atoms with Crippen LogP contribution in [0, 0.1) is 38.0 Å². The summed E-state index contributed by atoms with van der Waals surface area (Å²) in [6, 6.07) is 0.857. The number of aromatic nitrogens is 2. The second-order valence-corrected chi connectivity index (χ2v) is 9.47. The van der Waals surface area contributed by atoms with E-state index in [1.807, 2.05) is 0 Å². The van der Waals surface area contributed by atoms with Crippen molar-refractivity contribution in [3.05, 3.63) is 22.1 Å². The van der Waals surface area contributed by atoms with Crippen molar-refractivity contribution in [2.45, 2.75) is 39.0 Å². The Morgan fingerprint density at radius 3 is 2.00 bits per heavy atom. The molecule has 1 unspecified atom stereocenters. The van der Waals surface area contributed by atoms with Crippen LogP contribution in [0.4, 0.5) is 20.3 Å². The molecule has 0 aliphatic carbocycles. The number of aliphatic carboxylic acids is 1. The monoisotopic (exact) mass is 972 g/mol. The number of hydrogen-bond donors (Lipinski definition) is 9. The Morgan fingerprint density at radius 1 is 0.913 bits per heavy atom. The standard InChI is InChI=1S/C12H21N5O2.C8H13N3O4.C5H11N3O.H3P.U.Y/c1-9-8-10(18)16-11(15-9)17-12(19)14-7-5-3-2-4-6-13;12-6(5-7(13)14)9-1-3-11-4-2-10-8(11)15;6-1-3-8-4-2-7-5(8)9;;;/h8H,2-7,13H2,1H3,(H3,14,15,16,17,18,19);1-5H2,(H,9,12)(H,10,15)(H,13,14);1-4,6H2,(H,7,9);1H3;;. The number of carboxylic acids is 1. The third-order valence-electron chi connectivity index (χ3n) is 5.82. The van der Waals surface area contributed by atoms with Crippen LogP contribution in [0.25, 0.3) is 0 Å². The van der Waals surface area contributed by atoms with E-state index in [2.05, 4.69) is 36.6 Å². The first-order valence-corrected chi connectivity index (χ1v) is 14.1. The molecule has 257 valence electrons. The number of nitrogens with one attached hydrogen (secondary N) is 6. The molecule has 1 radical (unpaired) electrons. The first-order valence-electron chi connectivity index (χ1n) is 14.1. The van der Waals surface area contributed by atoms with Gasteiger partial charge in [-0.2, -0.15) is 9.90 Å². The minimum absolute atomic E-state index is 0. The van der Waals surface area contributed by atoms with E-state index in [4.69, 9.17) is 16.6 Å². The third-order valence-corrected chi connectivity index (χ3v) is 5.82. The van der Waals surface area contributed by atoms with Gasteiger partial charge in [0.1, 0.15) is 6.42 Å². The Kier molecular flexibility index (Phi) is 30.9. The van der Waals surface area contributed by atoms with E-state index < -0.39 is 18.3 Å². The normalized spacial score (nSPS) is 12.7. The Morgan fingerprint density at radius 2 is 1.50 bits per heavy atom. The van der Waals surface area contributed by atoms with Crippen molar-refractivity contribution in [2.75, 3.05) is 70.8 Å². The van der Waals surface area contributed by atoms with Gasteiger partial charge in [-0.25, -0.2) is 19.4 Å². The molecule has 46 heavy (non-hydrogen) atoms. The van der Waals surface area contributed by atoms with E-state index in [1.54, 1.807) is 16.7 Å². The molecule has 2 saturated heterocycles. The van der Waals surface area contributed by atoms with Crippen molar-refractivity contribution in [1.82, 2.24) is 41.0 Å². The molecule has 2 aliphatic rings. The summed E-state index contributed by atoms with van der Waals surface area (Å²) in [4.78, 5) is 75.2. The summed E-state index contributed by atoms with van der Waals surface area (Å²) in [6.07, 6.45) is 3.50. The van der Waals surface area contributed by atoms with Crippen molar-refractivity contribution in [3.8, 4) is 0 Å². The molecule has 2 aliphatic heterocycles. The van der Waals surface area contributed by atoms with Crippen LogP contribution >= 0.6 is 9.90 Å². The molecule has 3 rings (SSSR count). The maximum absolute atomic E-state index is 11.5. The molecular formula is C25H48N11O7PUY. The minimum Gasteiger partial charge on any atom is -0.481 e. The number of carbonyl (C=O) groups is 5. The van der Waals surface area contributed by atoms with Gasteiger partial charge in [0, 0.05) is 134 Å². The maximum atomic E-state index is 11.5. The zero-order chi connectivity index (χ0) is 32.0. The van der Waals surface area contributed by atoms with E-state index in [0.717, 1.165) is 38.8 Å². The van der Waals surface area contributed by atoms with E-state index in [0.29, 0.717) is 51.5 Å². The second kappa shape index (κ2) is 29.3. The van der Waals surface area contributed by atoms with Crippen molar-refractivity contribution in [2.24, 2.45) is 11.5 Å². The van der Waals surface area contributed by atoms with Gasteiger partial charge in [-0.3, -0.25) is 24.7 Å². The van der Waals surface area contributed by atoms with Crippen LogP contribution in [0.1, 0.15) is 37.8 Å². The number of H-pyrrole nitrogens is 1. The van der Waals surface area contributed by atoms with Gasteiger partial charge < -0.3 is 47.6 Å². The van der Waals surface area contributed by atoms with Gasteiger partial charge in [0.05, 0.1) is 0 Å². The fraction of sp³-hybridized carbons (Fsp3) is 0.640. The molecule has 11 N–H and O–H groups in total. The van der Waals surface area contributed by atoms with Gasteiger partial charge in [0.25, 0.3) is 5.56 Å². The van der Waals surface area contributed by atoms with E-state index in [9.17, 15) is 28.8 Å². The molecule has 0 spiro atoms. The van der Waals surface area contributed by atoms with Gasteiger partial charge in [0.15, 0.2) is 0 Å². The number of carbonyl (C=O) groups excluding carboxylic acids is 4. The van der Waals surface area contributed by atoms with E-state index in [-0.39, 0.29) is 110 Å². The number of aryl methyl sites for hydroxylation is 1. The number of unbranched alkanes of at least 4 members (excludes halogenated alkanes) is 3. The predicted octanol–water partition coefficient (Wildman–Crippen LogP) is -1.65. The van der Waals surface area contributed by atoms with Crippen molar-refractivity contribution in [1.29, 1.82) is 0 Å². The van der Waals surface area contributed by atoms with Crippen LogP contribution in [0.3, 0.4) is 0 Å². The van der Waals surface area contributed by atoms with Crippen LogP contribution in [0.15, 0.2) is 10.9 Å². The zero-order valence-electron chi connectivity index (χ0n) is 26.4. The summed E-state index contributed by atoms with van der Waals surface area (Å²) in [6.45, 7) is 7.68. The molecule has 1 aromatic heterocycles. The number of hydrogen-bond acceptors (Lipinski definition) is 9. The minimum atomic E-state index is -1.16. The zero-order valence-corrected chi connectivity index (χ0v) is 34.8. The summed E-state index contributed by atoms with van der Waals surface area (Å²) in [5, 5.41) is 21.2. The van der Waals surface area contributed by atoms with Crippen molar-refractivity contribution in [3.63, 3.8) is 0 Å². The van der Waals surface area contributed by atoms with E-state index in [1.165, 1.54) is 6.07 Å². The number of urea groups is 3. The van der Waals surface area contributed by atoms with E-state index >= 15 is 0 Å². The summed E-state index contributed by atoms with van der Waals surface area (Å²) < 4.78 is 0. The smallest absolute Gasteiger partial charge is 0.321 e. The molecule has 3 heterocycles. The molecule has 1 aromatic rings. The Balaban J connectivity index is -0.000000615. The average molecular weight is 973 g/mol. The summed E-state index contributed by atoms with van der Waals surface area (Å²) in [5.74, 6) is -1.54. The second-order valence-electron chi connectivity index (χ2n) is 9.47. The van der Waals surface area contributed by atoms with Gasteiger partial charge >= 0.3 is 24.1 Å². The molecule has 18 nitrogen and oxygen atoms in total. The van der Waals surface area contributed by atoms with Crippen LogP contribution in [0.2, 0.25) is 0 Å². The Bertz CT molecular complexity index is 1120. The maximum Gasteiger partial charge on any atom is 0.321 e. The molecule has 0 bridgehead atoms. The number of nitrogens with two attached hydrogens (primary N) is 2. The molecule has 1 atom stereocenters. The summed E-state index contributed by atoms with van der Waals surface area (Å²) in [5.41, 5.74) is 10.9. The number of carboxylic acid groups (broad SMARTS) is 1. The van der Waals surface area contributed by atoms with Crippen LogP contribution < -0.4 is 43.6 Å². The fourth-order valence-electron chi connectivity index (χ4n) is 3.75. The van der Waals surface area contributed by atoms with Gasteiger partial charge in [-0.15, -0.1) is 0 Å². The molecule has 2 fully saturated rings. The van der Waals surface area contributed by atoms with Gasteiger partial charge in [-0.1, -0.05) is 12.8 Å². The fourth-order valence-corrected chi connectivity index (χ4v) is 3.75. The van der Waals surface area contributed by atoms with Crippen molar-refractivity contribution >= 4 is 45.8 Å². The summed E-state index contributed by atoms with van der Waals surface area (Å²) >= 11 is 0. The Labute approximate surface area is 320 Å². The largest absolute Gasteiger partial charge is 0.481 e. The number of anilines is 1. The van der Waals surface area contributed by atoms with Crippen molar-refractivity contribution < 1.29 is 92.9 Å². The number of aromatic amines is 1. The van der Waals surface area contributed by atoms with Gasteiger partial charge in [0.2, 0.25) is 11.9 Å². The first-order chi connectivity index (χ1) is 20.5. The molecule has 0 aromatic carbocycles. The molecule has 7 amide bonds. The predicted molar refractivity (Wildman–Crippen MR) is 170 cm³/mol. The SMILES string of the molecule is Cc1cc(=O)[nH]c(NC(=O)NCCCCCCN)n1.NCCN1CCNC1=O.O=C(O)CC(=O)NCCN1CCNC1=O.P.[U].[Y]. The number of rotatable bonds is 14. The van der Waals surface area contributed by atoms with Crippen LogP contribution in [-0.4, -0.2) is 120 Å². The number of nitrogens with zero attached hydrogens (tertiary/aromatic N) is 3. The molecule has 0 saturated carbocycles. The third kappa shape index (κ3) is 23.5. The first kappa shape index (κ1) is 48.5. The molecular weight excluding hydrogens is 924 g/mol. The number of amides is 7. The molecule has 21 heteroatoms. The summed E-state index contributed by atoms with van der Waals surface area (Å²) in [7, 11) is 0. The van der Waals surface area contributed by atoms with Gasteiger partial charge in [-0.05, 0) is 26.3 Å². The van der Waals surface area contributed by atoms with Crippen LogP contribution in [0.5, 0.6) is 0 Å². The van der Waals surface area contributed by atoms with Crippen LogP contribution in [-0.2, 0) is 42.3 Å². The Hall–Kier alpha value is -1.86. The topological polar surface area (TPSA) is 270 Å². The average Bonchev–Trinajstić information content (AvgIpc) is 3.53.